The quantitative estimate of drug-likeness (QED) is 0.768. The maximum absolute atomic E-state index is 9.17. The van der Waals surface area contributed by atoms with Crippen molar-refractivity contribution in [3.8, 4) is 5.75 Å². The SMILES string of the molecule is CCOc1ccc(CNC2(CO)CC2)cc1. The molecule has 0 bridgehead atoms. The number of hydrogen-bond acceptors (Lipinski definition) is 3. The summed E-state index contributed by atoms with van der Waals surface area (Å²) in [5, 5.41) is 12.6. The van der Waals surface area contributed by atoms with Crippen LogP contribution in [0.4, 0.5) is 0 Å². The predicted molar refractivity (Wildman–Crippen MR) is 63.5 cm³/mol. The van der Waals surface area contributed by atoms with Gasteiger partial charge in [-0.3, -0.25) is 0 Å². The van der Waals surface area contributed by atoms with E-state index in [4.69, 9.17) is 9.84 Å². The van der Waals surface area contributed by atoms with E-state index in [0.29, 0.717) is 6.61 Å². The molecule has 0 saturated heterocycles. The van der Waals surface area contributed by atoms with Crippen molar-refractivity contribution in [2.24, 2.45) is 0 Å². The maximum atomic E-state index is 9.17. The first kappa shape index (κ1) is 11.4. The Morgan fingerprint density at radius 2 is 2.00 bits per heavy atom. The van der Waals surface area contributed by atoms with Crippen molar-refractivity contribution in [1.82, 2.24) is 5.32 Å². The molecule has 16 heavy (non-hydrogen) atoms. The van der Waals surface area contributed by atoms with Crippen molar-refractivity contribution in [3.63, 3.8) is 0 Å². The van der Waals surface area contributed by atoms with Gasteiger partial charge in [0.05, 0.1) is 13.2 Å². The van der Waals surface area contributed by atoms with Crippen LogP contribution in [0.2, 0.25) is 0 Å². The second kappa shape index (κ2) is 4.85. The van der Waals surface area contributed by atoms with E-state index in [2.05, 4.69) is 17.4 Å². The Labute approximate surface area is 96.4 Å². The number of aliphatic hydroxyl groups excluding tert-OH is 1. The van der Waals surface area contributed by atoms with E-state index < -0.39 is 0 Å². The Morgan fingerprint density at radius 3 is 2.50 bits per heavy atom. The molecular formula is C13H19NO2. The average molecular weight is 221 g/mol. The molecule has 0 radical (unpaired) electrons. The first-order valence-corrected chi connectivity index (χ1v) is 5.86. The van der Waals surface area contributed by atoms with Crippen molar-refractivity contribution < 1.29 is 9.84 Å². The van der Waals surface area contributed by atoms with Gasteiger partial charge in [0, 0.05) is 12.1 Å². The summed E-state index contributed by atoms with van der Waals surface area (Å²) < 4.78 is 5.38. The van der Waals surface area contributed by atoms with Crippen LogP contribution < -0.4 is 10.1 Å². The molecule has 88 valence electrons. The van der Waals surface area contributed by atoms with Crippen LogP contribution in [0.1, 0.15) is 25.3 Å². The molecule has 0 unspecified atom stereocenters. The van der Waals surface area contributed by atoms with Crippen molar-refractivity contribution >= 4 is 0 Å². The molecule has 1 fully saturated rings. The molecule has 1 aromatic carbocycles. The number of benzene rings is 1. The van der Waals surface area contributed by atoms with Crippen molar-refractivity contribution in [2.45, 2.75) is 31.8 Å². The molecule has 1 saturated carbocycles. The zero-order chi connectivity index (χ0) is 11.4. The second-order valence-corrected chi connectivity index (χ2v) is 4.37. The van der Waals surface area contributed by atoms with Gasteiger partial charge in [-0.2, -0.15) is 0 Å². The highest BCUT2D eigenvalue weighted by atomic mass is 16.5. The lowest BCUT2D eigenvalue weighted by Gasteiger charge is -2.14. The summed E-state index contributed by atoms with van der Waals surface area (Å²) in [4.78, 5) is 0. The molecule has 2 N–H and O–H groups in total. The Kier molecular flexibility index (Phi) is 3.46. The number of nitrogens with one attached hydrogen (secondary N) is 1. The molecule has 3 nitrogen and oxygen atoms in total. The van der Waals surface area contributed by atoms with E-state index in [1.807, 2.05) is 19.1 Å². The largest absolute Gasteiger partial charge is 0.494 e. The van der Waals surface area contributed by atoms with Gasteiger partial charge in [0.25, 0.3) is 0 Å². The summed E-state index contributed by atoms with van der Waals surface area (Å²) in [6.07, 6.45) is 2.17. The zero-order valence-corrected chi connectivity index (χ0v) is 9.70. The summed E-state index contributed by atoms with van der Waals surface area (Å²) in [5.74, 6) is 0.912. The van der Waals surface area contributed by atoms with Gasteiger partial charge in [-0.15, -0.1) is 0 Å². The molecule has 2 rings (SSSR count). The molecular weight excluding hydrogens is 202 g/mol. The minimum Gasteiger partial charge on any atom is -0.494 e. The zero-order valence-electron chi connectivity index (χ0n) is 9.70. The molecule has 1 aliphatic rings. The predicted octanol–water partition coefficient (Wildman–Crippen LogP) is 1.70. The summed E-state index contributed by atoms with van der Waals surface area (Å²) in [7, 11) is 0. The van der Waals surface area contributed by atoms with Crippen LogP contribution in [0.25, 0.3) is 0 Å². The van der Waals surface area contributed by atoms with Crippen molar-refractivity contribution in [2.75, 3.05) is 13.2 Å². The molecule has 0 aliphatic heterocycles. The van der Waals surface area contributed by atoms with Crippen LogP contribution in [0.5, 0.6) is 5.75 Å². The molecule has 0 heterocycles. The molecule has 0 spiro atoms. The number of rotatable bonds is 6. The fourth-order valence-corrected chi connectivity index (χ4v) is 1.70. The summed E-state index contributed by atoms with van der Waals surface area (Å²) in [6.45, 7) is 3.73. The van der Waals surface area contributed by atoms with Gasteiger partial charge in [-0.05, 0) is 37.5 Å². The first-order chi connectivity index (χ1) is 7.78. The Morgan fingerprint density at radius 1 is 1.31 bits per heavy atom. The number of ether oxygens (including phenoxy) is 1. The number of hydrogen-bond donors (Lipinski definition) is 2. The fraction of sp³-hybridized carbons (Fsp3) is 0.538. The minimum atomic E-state index is 0.0125. The van der Waals surface area contributed by atoms with Crippen LogP contribution in [0, 0.1) is 0 Å². The number of aliphatic hydroxyl groups is 1. The summed E-state index contributed by atoms with van der Waals surface area (Å²) >= 11 is 0. The normalized spacial score (nSPS) is 17.1. The Balaban J connectivity index is 1.85. The fourth-order valence-electron chi connectivity index (χ4n) is 1.70. The minimum absolute atomic E-state index is 0.0125. The van der Waals surface area contributed by atoms with Crippen molar-refractivity contribution in [1.29, 1.82) is 0 Å². The van der Waals surface area contributed by atoms with Crippen LogP contribution >= 0.6 is 0 Å². The lowest BCUT2D eigenvalue weighted by atomic mass is 10.2. The Bertz CT molecular complexity index is 330. The van der Waals surface area contributed by atoms with Gasteiger partial charge < -0.3 is 15.2 Å². The van der Waals surface area contributed by atoms with Gasteiger partial charge >= 0.3 is 0 Å². The van der Waals surface area contributed by atoms with Crippen LogP contribution in [0.15, 0.2) is 24.3 Å². The molecule has 0 atom stereocenters. The highest BCUT2D eigenvalue weighted by molar-refractivity contribution is 5.27. The third-order valence-electron chi connectivity index (χ3n) is 3.06. The molecule has 0 amide bonds. The maximum Gasteiger partial charge on any atom is 0.119 e. The van der Waals surface area contributed by atoms with Gasteiger partial charge in [0.1, 0.15) is 5.75 Å². The van der Waals surface area contributed by atoms with E-state index in [9.17, 15) is 0 Å². The standard InChI is InChI=1S/C13H19NO2/c1-2-16-12-5-3-11(4-6-12)9-14-13(10-15)7-8-13/h3-6,14-15H,2,7-10H2,1H3. The van der Waals surface area contributed by atoms with E-state index in [-0.39, 0.29) is 12.1 Å². The highest BCUT2D eigenvalue weighted by Gasteiger charge is 2.41. The lowest BCUT2D eigenvalue weighted by Crippen LogP contribution is -2.34. The van der Waals surface area contributed by atoms with Crippen LogP contribution in [-0.2, 0) is 6.54 Å². The summed E-state index contributed by atoms with van der Waals surface area (Å²) in [6, 6.07) is 8.09. The van der Waals surface area contributed by atoms with Crippen LogP contribution in [-0.4, -0.2) is 23.9 Å². The van der Waals surface area contributed by atoms with Gasteiger partial charge in [0.15, 0.2) is 0 Å². The van der Waals surface area contributed by atoms with Crippen LogP contribution in [0.3, 0.4) is 0 Å². The monoisotopic (exact) mass is 221 g/mol. The van der Waals surface area contributed by atoms with Crippen molar-refractivity contribution in [3.05, 3.63) is 29.8 Å². The second-order valence-electron chi connectivity index (χ2n) is 4.37. The van der Waals surface area contributed by atoms with E-state index in [0.717, 1.165) is 25.1 Å². The van der Waals surface area contributed by atoms with E-state index >= 15 is 0 Å². The average Bonchev–Trinajstić information content (AvgIpc) is 3.09. The molecule has 1 aromatic rings. The molecule has 1 aliphatic carbocycles. The highest BCUT2D eigenvalue weighted by Crippen LogP contribution is 2.34. The van der Waals surface area contributed by atoms with Gasteiger partial charge in [-0.1, -0.05) is 12.1 Å². The van der Waals surface area contributed by atoms with Gasteiger partial charge in [0.2, 0.25) is 0 Å². The smallest absolute Gasteiger partial charge is 0.119 e. The molecule has 0 aromatic heterocycles. The summed E-state index contributed by atoms with van der Waals surface area (Å²) in [5.41, 5.74) is 1.24. The topological polar surface area (TPSA) is 41.5 Å². The Hall–Kier alpha value is -1.06. The first-order valence-electron chi connectivity index (χ1n) is 5.86. The third-order valence-corrected chi connectivity index (χ3v) is 3.06. The molecule has 3 heteroatoms. The lowest BCUT2D eigenvalue weighted by molar-refractivity contribution is 0.229. The van der Waals surface area contributed by atoms with Gasteiger partial charge in [-0.25, -0.2) is 0 Å². The third kappa shape index (κ3) is 2.74. The van der Waals surface area contributed by atoms with E-state index in [1.54, 1.807) is 0 Å². The van der Waals surface area contributed by atoms with E-state index in [1.165, 1.54) is 5.56 Å².